The van der Waals surface area contributed by atoms with Gasteiger partial charge in [-0.1, -0.05) is 6.92 Å². The van der Waals surface area contributed by atoms with Crippen LogP contribution < -0.4 is 0 Å². The van der Waals surface area contributed by atoms with Crippen molar-refractivity contribution in [2.45, 2.75) is 43.9 Å². The van der Waals surface area contributed by atoms with Gasteiger partial charge in [-0.15, -0.1) is 0 Å². The van der Waals surface area contributed by atoms with Crippen molar-refractivity contribution >= 4 is 17.7 Å². The largest absolute Gasteiger partial charge is 0.374 e. The first-order valence-electron chi connectivity index (χ1n) is 6.40. The lowest BCUT2D eigenvalue weighted by molar-refractivity contribution is -0.167. The van der Waals surface area contributed by atoms with E-state index in [0.717, 1.165) is 5.75 Å². The number of carbonyl (C=O) groups is 1. The first kappa shape index (κ1) is 17.6. The predicted molar refractivity (Wildman–Crippen MR) is 69.5 cm³/mol. The number of hydrogen-bond donors (Lipinski definition) is 0. The monoisotopic (exact) mass is 317 g/mol. The topological polar surface area (TPSA) is 29.5 Å². The van der Waals surface area contributed by atoms with Crippen LogP contribution in [0.3, 0.4) is 0 Å². The van der Waals surface area contributed by atoms with Gasteiger partial charge in [0.2, 0.25) is 5.91 Å². The molecule has 2 atom stereocenters. The Labute approximate surface area is 120 Å². The van der Waals surface area contributed by atoms with Crippen LogP contribution in [0, 0.1) is 0 Å². The van der Waals surface area contributed by atoms with E-state index in [-0.39, 0.29) is 25.0 Å². The Hall–Kier alpha value is -0.500. The van der Waals surface area contributed by atoms with Crippen LogP contribution in [0.2, 0.25) is 0 Å². The van der Waals surface area contributed by atoms with Gasteiger partial charge in [0.05, 0.1) is 13.0 Å². The molecule has 0 aromatic rings. The zero-order valence-corrected chi connectivity index (χ0v) is 12.3. The van der Waals surface area contributed by atoms with Crippen molar-refractivity contribution in [1.82, 2.24) is 4.90 Å². The van der Waals surface area contributed by atoms with E-state index in [1.165, 1.54) is 0 Å². The van der Waals surface area contributed by atoms with Crippen LogP contribution in [0.15, 0.2) is 0 Å². The second-order valence-corrected chi connectivity index (χ2v) is 6.25. The van der Waals surface area contributed by atoms with Gasteiger partial charge in [0.1, 0.15) is 6.61 Å². The van der Waals surface area contributed by atoms with E-state index >= 15 is 0 Å². The van der Waals surface area contributed by atoms with Gasteiger partial charge in [0, 0.05) is 23.6 Å². The molecule has 1 fully saturated rings. The van der Waals surface area contributed by atoms with Crippen molar-refractivity contribution in [3.05, 3.63) is 0 Å². The van der Waals surface area contributed by atoms with Gasteiger partial charge in [-0.05, 0) is 6.92 Å². The van der Waals surface area contributed by atoms with Crippen LogP contribution in [-0.2, 0) is 9.53 Å². The molecule has 1 heterocycles. The molecule has 1 aliphatic rings. The van der Waals surface area contributed by atoms with E-state index < -0.39 is 19.0 Å². The fraction of sp³-hybridized carbons (Fsp3) is 0.917. The minimum absolute atomic E-state index is 0.0684. The molecule has 0 unspecified atom stereocenters. The molecule has 1 amide bonds. The molecule has 0 aromatic carbocycles. The normalized spacial score (nSPS) is 24.2. The highest BCUT2D eigenvalue weighted by Crippen LogP contribution is 2.25. The van der Waals surface area contributed by atoms with Gasteiger partial charge in [-0.2, -0.15) is 20.5 Å². The molecule has 0 aromatic heterocycles. The average molecular weight is 317 g/mol. The van der Waals surface area contributed by atoms with Crippen LogP contribution >= 0.6 is 11.8 Å². The summed E-state index contributed by atoms with van der Waals surface area (Å²) in [6.07, 6.45) is -3.82. The maximum absolute atomic E-state index is 12.6. The predicted octanol–water partition coefficient (Wildman–Crippen LogP) is 2.65. The van der Waals surface area contributed by atoms with E-state index in [2.05, 4.69) is 4.74 Å². The summed E-state index contributed by atoms with van der Waals surface area (Å²) in [5.41, 5.74) is 0. The molecule has 0 spiro atoms. The molecule has 3 nitrogen and oxygen atoms in total. The fourth-order valence-electron chi connectivity index (χ4n) is 1.86. The molecule has 20 heavy (non-hydrogen) atoms. The minimum atomic E-state index is -4.16. The summed E-state index contributed by atoms with van der Waals surface area (Å²) in [6, 6.07) is 0.0729. The van der Waals surface area contributed by atoms with Gasteiger partial charge in [-0.25, -0.2) is 8.78 Å². The van der Waals surface area contributed by atoms with Gasteiger partial charge in [0.15, 0.2) is 0 Å². The third kappa shape index (κ3) is 4.80. The van der Waals surface area contributed by atoms with Gasteiger partial charge < -0.3 is 9.64 Å². The first-order chi connectivity index (χ1) is 9.25. The third-order valence-electron chi connectivity index (χ3n) is 3.28. The smallest absolute Gasteiger partial charge is 0.330 e. The standard InChI is InChI=1S/C12H19F4NO2S/c1-8-9(2)20-6-4-17(8)10(18)3-5-19-7-12(15,16)11(13)14/h8-9,11H,3-7H2,1-2H3/t8-,9-/m0/s1. The number of thioether (sulfide) groups is 1. The maximum atomic E-state index is 12.6. The highest BCUT2D eigenvalue weighted by Gasteiger charge is 2.41. The molecule has 1 saturated heterocycles. The Morgan fingerprint density at radius 1 is 1.45 bits per heavy atom. The Balaban J connectivity index is 2.30. The third-order valence-corrected chi connectivity index (χ3v) is 4.62. The second kappa shape index (κ2) is 7.49. The maximum Gasteiger partial charge on any atom is 0.330 e. The highest BCUT2D eigenvalue weighted by molar-refractivity contribution is 8.00. The number of nitrogens with zero attached hydrogens (tertiary/aromatic N) is 1. The van der Waals surface area contributed by atoms with Gasteiger partial charge in [-0.3, -0.25) is 4.79 Å². The van der Waals surface area contributed by atoms with E-state index in [9.17, 15) is 22.4 Å². The van der Waals surface area contributed by atoms with Crippen LogP contribution in [0.4, 0.5) is 17.6 Å². The quantitative estimate of drug-likeness (QED) is 0.557. The second-order valence-electron chi connectivity index (χ2n) is 4.77. The summed E-state index contributed by atoms with van der Waals surface area (Å²) in [4.78, 5) is 13.6. The molecule has 1 rings (SSSR count). The highest BCUT2D eigenvalue weighted by atomic mass is 32.2. The van der Waals surface area contributed by atoms with Crippen LogP contribution in [-0.4, -0.2) is 60.0 Å². The summed E-state index contributed by atoms with van der Waals surface area (Å²) in [7, 11) is 0. The molecule has 0 radical (unpaired) electrons. The SMILES string of the molecule is C[C@@H]1SCCN(C(=O)CCOCC(F)(F)C(F)F)[C@H]1C. The summed E-state index contributed by atoms with van der Waals surface area (Å²) in [6.45, 7) is 2.93. The lowest BCUT2D eigenvalue weighted by atomic mass is 10.2. The molecule has 1 aliphatic heterocycles. The fourth-order valence-corrected chi connectivity index (χ4v) is 2.96. The number of carbonyl (C=O) groups excluding carboxylic acids is 1. The lowest BCUT2D eigenvalue weighted by Gasteiger charge is -2.37. The summed E-state index contributed by atoms with van der Waals surface area (Å²) in [5, 5.41) is 0.316. The molecule has 0 bridgehead atoms. The number of alkyl halides is 4. The first-order valence-corrected chi connectivity index (χ1v) is 7.45. The number of halogens is 4. The van der Waals surface area contributed by atoms with Crippen molar-refractivity contribution in [3.63, 3.8) is 0 Å². The van der Waals surface area contributed by atoms with Crippen molar-refractivity contribution in [2.24, 2.45) is 0 Å². The summed E-state index contributed by atoms with van der Waals surface area (Å²) in [5.74, 6) is -3.52. The van der Waals surface area contributed by atoms with E-state index in [1.807, 2.05) is 13.8 Å². The van der Waals surface area contributed by atoms with Crippen molar-refractivity contribution < 1.29 is 27.1 Å². The molecule has 8 heteroatoms. The molecular formula is C12H19F4NO2S. The Bertz CT molecular complexity index is 331. The number of rotatable bonds is 6. The van der Waals surface area contributed by atoms with Crippen molar-refractivity contribution in [2.75, 3.05) is 25.5 Å². The van der Waals surface area contributed by atoms with Crippen LogP contribution in [0.1, 0.15) is 20.3 Å². The Morgan fingerprint density at radius 2 is 2.10 bits per heavy atom. The zero-order valence-electron chi connectivity index (χ0n) is 11.5. The Kier molecular flexibility index (Phi) is 6.57. The summed E-state index contributed by atoms with van der Waals surface area (Å²) >= 11 is 1.77. The molecule has 0 N–H and O–H groups in total. The zero-order chi connectivity index (χ0) is 15.3. The van der Waals surface area contributed by atoms with Crippen molar-refractivity contribution in [1.29, 1.82) is 0 Å². The van der Waals surface area contributed by atoms with E-state index in [0.29, 0.717) is 11.8 Å². The lowest BCUT2D eigenvalue weighted by Crippen LogP contribution is -2.48. The molecular weight excluding hydrogens is 298 g/mol. The van der Waals surface area contributed by atoms with Gasteiger partial charge >= 0.3 is 12.3 Å². The minimum Gasteiger partial charge on any atom is -0.374 e. The molecule has 0 saturated carbocycles. The number of ether oxygens (including phenoxy) is 1. The van der Waals surface area contributed by atoms with E-state index in [1.54, 1.807) is 16.7 Å². The summed E-state index contributed by atoms with van der Waals surface area (Å²) < 4.78 is 53.4. The van der Waals surface area contributed by atoms with Crippen LogP contribution in [0.25, 0.3) is 0 Å². The Morgan fingerprint density at radius 3 is 2.70 bits per heavy atom. The number of amides is 1. The number of hydrogen-bond acceptors (Lipinski definition) is 3. The molecule has 118 valence electrons. The van der Waals surface area contributed by atoms with Crippen molar-refractivity contribution in [3.8, 4) is 0 Å². The average Bonchev–Trinajstić information content (AvgIpc) is 2.37. The van der Waals surface area contributed by atoms with Gasteiger partial charge in [0.25, 0.3) is 0 Å². The molecule has 0 aliphatic carbocycles. The van der Waals surface area contributed by atoms with E-state index in [4.69, 9.17) is 0 Å². The van der Waals surface area contributed by atoms with Crippen LogP contribution in [0.5, 0.6) is 0 Å².